The number of hydrogen-bond donors (Lipinski definition) is 1. The molecule has 0 radical (unpaired) electrons. The largest absolute Gasteiger partial charge is 0.324 e. The van der Waals surface area contributed by atoms with Crippen molar-refractivity contribution < 1.29 is 0 Å². The molecular formula is C18H23N. The van der Waals surface area contributed by atoms with Gasteiger partial charge >= 0.3 is 0 Å². The van der Waals surface area contributed by atoms with Crippen LogP contribution in [-0.4, -0.2) is 0 Å². The van der Waals surface area contributed by atoms with Gasteiger partial charge in [0.2, 0.25) is 0 Å². The third-order valence-corrected chi connectivity index (χ3v) is 3.70. The predicted molar refractivity (Wildman–Crippen MR) is 82.3 cm³/mol. The fourth-order valence-electron chi connectivity index (χ4n) is 2.28. The van der Waals surface area contributed by atoms with Crippen LogP contribution < -0.4 is 5.73 Å². The molecule has 0 spiro atoms. The second-order valence-electron chi connectivity index (χ2n) is 5.08. The van der Waals surface area contributed by atoms with E-state index < -0.39 is 0 Å². The normalized spacial score (nSPS) is 12.4. The van der Waals surface area contributed by atoms with E-state index in [1.54, 1.807) is 0 Å². The maximum atomic E-state index is 6.29. The minimum atomic E-state index is 0.0818. The van der Waals surface area contributed by atoms with E-state index in [9.17, 15) is 0 Å². The summed E-state index contributed by atoms with van der Waals surface area (Å²) in [6, 6.07) is 17.5. The van der Waals surface area contributed by atoms with Gasteiger partial charge in [0.05, 0.1) is 0 Å². The first-order chi connectivity index (χ1) is 9.22. The van der Waals surface area contributed by atoms with E-state index in [-0.39, 0.29) is 6.04 Å². The lowest BCUT2D eigenvalue weighted by Crippen LogP contribution is -2.13. The number of aryl methyl sites for hydroxylation is 2. The van der Waals surface area contributed by atoms with Crippen LogP contribution in [0.1, 0.15) is 42.1 Å². The lowest BCUT2D eigenvalue weighted by Gasteiger charge is -2.13. The molecule has 0 fully saturated rings. The van der Waals surface area contributed by atoms with Crippen LogP contribution in [0.2, 0.25) is 0 Å². The third-order valence-electron chi connectivity index (χ3n) is 3.70. The van der Waals surface area contributed by atoms with Crippen molar-refractivity contribution in [3.05, 3.63) is 70.8 Å². The first-order valence-electron chi connectivity index (χ1n) is 7.15. The second kappa shape index (κ2) is 6.53. The Balaban J connectivity index is 2.04. The highest BCUT2D eigenvalue weighted by Gasteiger charge is 2.07. The van der Waals surface area contributed by atoms with Gasteiger partial charge in [-0.05, 0) is 41.5 Å². The Morgan fingerprint density at radius 3 is 1.63 bits per heavy atom. The van der Waals surface area contributed by atoms with Gasteiger partial charge in [-0.25, -0.2) is 0 Å². The van der Waals surface area contributed by atoms with Crippen molar-refractivity contribution in [3.63, 3.8) is 0 Å². The summed E-state index contributed by atoms with van der Waals surface area (Å²) >= 11 is 0. The van der Waals surface area contributed by atoms with E-state index in [1.165, 1.54) is 22.3 Å². The molecule has 0 saturated heterocycles. The maximum Gasteiger partial charge on any atom is 0.0335 e. The molecule has 0 aliphatic carbocycles. The standard InChI is InChI=1S/C18H23N/c1-3-14-5-7-16(8-6-14)13-18(19)17-11-9-15(4-2)10-12-17/h5-12,18H,3-4,13,19H2,1-2H3. The summed E-state index contributed by atoms with van der Waals surface area (Å²) in [6.07, 6.45) is 3.06. The average Bonchev–Trinajstić information content (AvgIpc) is 2.48. The fourth-order valence-corrected chi connectivity index (χ4v) is 2.28. The molecule has 1 atom stereocenters. The van der Waals surface area contributed by atoms with Crippen molar-refractivity contribution in [3.8, 4) is 0 Å². The van der Waals surface area contributed by atoms with Crippen LogP contribution >= 0.6 is 0 Å². The summed E-state index contributed by atoms with van der Waals surface area (Å²) in [5, 5.41) is 0. The summed E-state index contributed by atoms with van der Waals surface area (Å²) in [5.41, 5.74) is 11.6. The quantitative estimate of drug-likeness (QED) is 0.854. The van der Waals surface area contributed by atoms with Crippen LogP contribution in [0, 0.1) is 0 Å². The summed E-state index contributed by atoms with van der Waals surface area (Å²) in [6.45, 7) is 4.35. The van der Waals surface area contributed by atoms with E-state index in [4.69, 9.17) is 5.73 Å². The number of nitrogens with two attached hydrogens (primary N) is 1. The molecule has 0 aromatic heterocycles. The molecule has 19 heavy (non-hydrogen) atoms. The molecule has 0 bridgehead atoms. The van der Waals surface area contributed by atoms with Crippen LogP contribution in [0.3, 0.4) is 0 Å². The van der Waals surface area contributed by atoms with Crippen LogP contribution in [-0.2, 0) is 19.3 Å². The molecule has 2 aromatic carbocycles. The van der Waals surface area contributed by atoms with Gasteiger partial charge in [-0.2, -0.15) is 0 Å². The van der Waals surface area contributed by atoms with E-state index in [1.807, 2.05) is 0 Å². The summed E-state index contributed by atoms with van der Waals surface area (Å²) in [4.78, 5) is 0. The van der Waals surface area contributed by atoms with Crippen molar-refractivity contribution in [2.24, 2.45) is 5.73 Å². The van der Waals surface area contributed by atoms with Crippen LogP contribution in [0.15, 0.2) is 48.5 Å². The van der Waals surface area contributed by atoms with Gasteiger partial charge in [-0.3, -0.25) is 0 Å². The highest BCUT2D eigenvalue weighted by molar-refractivity contribution is 5.28. The zero-order valence-electron chi connectivity index (χ0n) is 11.9. The molecule has 0 aliphatic heterocycles. The first kappa shape index (κ1) is 13.8. The molecule has 0 heterocycles. The Hall–Kier alpha value is -1.60. The smallest absolute Gasteiger partial charge is 0.0335 e. The molecule has 1 nitrogen and oxygen atoms in total. The highest BCUT2D eigenvalue weighted by Crippen LogP contribution is 2.17. The number of hydrogen-bond acceptors (Lipinski definition) is 1. The lowest BCUT2D eigenvalue weighted by molar-refractivity contribution is 0.721. The minimum Gasteiger partial charge on any atom is -0.324 e. The van der Waals surface area contributed by atoms with Crippen molar-refractivity contribution >= 4 is 0 Å². The average molecular weight is 253 g/mol. The van der Waals surface area contributed by atoms with E-state index >= 15 is 0 Å². The monoisotopic (exact) mass is 253 g/mol. The van der Waals surface area contributed by atoms with E-state index in [0.29, 0.717) is 0 Å². The van der Waals surface area contributed by atoms with Gasteiger partial charge in [-0.15, -0.1) is 0 Å². The molecule has 2 N–H and O–H groups in total. The van der Waals surface area contributed by atoms with E-state index in [0.717, 1.165) is 19.3 Å². The van der Waals surface area contributed by atoms with Gasteiger partial charge in [-0.1, -0.05) is 62.4 Å². The third kappa shape index (κ3) is 3.68. The topological polar surface area (TPSA) is 26.0 Å². The molecule has 2 rings (SSSR count). The van der Waals surface area contributed by atoms with Gasteiger partial charge in [0, 0.05) is 6.04 Å². The van der Waals surface area contributed by atoms with Gasteiger partial charge in [0.25, 0.3) is 0 Å². The molecular weight excluding hydrogens is 230 g/mol. The van der Waals surface area contributed by atoms with Gasteiger partial charge in [0.15, 0.2) is 0 Å². The molecule has 0 aliphatic rings. The van der Waals surface area contributed by atoms with Crippen molar-refractivity contribution in [1.29, 1.82) is 0 Å². The van der Waals surface area contributed by atoms with Gasteiger partial charge in [0.1, 0.15) is 0 Å². The predicted octanol–water partition coefficient (Wildman–Crippen LogP) is 4.05. The van der Waals surface area contributed by atoms with Crippen molar-refractivity contribution in [2.45, 2.75) is 39.2 Å². The zero-order chi connectivity index (χ0) is 13.7. The molecule has 0 amide bonds. The van der Waals surface area contributed by atoms with Crippen LogP contribution in [0.4, 0.5) is 0 Å². The molecule has 100 valence electrons. The summed E-state index contributed by atoms with van der Waals surface area (Å²) < 4.78 is 0. The molecule has 0 saturated carbocycles. The Kier molecular flexibility index (Phi) is 4.75. The lowest BCUT2D eigenvalue weighted by atomic mass is 9.97. The Morgan fingerprint density at radius 2 is 1.16 bits per heavy atom. The summed E-state index contributed by atoms with van der Waals surface area (Å²) in [5.74, 6) is 0. The fraction of sp³-hybridized carbons (Fsp3) is 0.333. The molecule has 1 heteroatoms. The first-order valence-corrected chi connectivity index (χ1v) is 7.15. The van der Waals surface area contributed by atoms with Crippen LogP contribution in [0.25, 0.3) is 0 Å². The Morgan fingerprint density at radius 1 is 0.737 bits per heavy atom. The molecule has 2 aromatic rings. The van der Waals surface area contributed by atoms with Crippen LogP contribution in [0.5, 0.6) is 0 Å². The summed E-state index contributed by atoms with van der Waals surface area (Å²) in [7, 11) is 0. The maximum absolute atomic E-state index is 6.29. The Bertz CT molecular complexity index is 496. The van der Waals surface area contributed by atoms with E-state index in [2.05, 4.69) is 62.4 Å². The van der Waals surface area contributed by atoms with Crippen molar-refractivity contribution in [2.75, 3.05) is 0 Å². The highest BCUT2D eigenvalue weighted by atomic mass is 14.6. The molecule has 1 unspecified atom stereocenters. The second-order valence-corrected chi connectivity index (χ2v) is 5.08. The number of benzene rings is 2. The van der Waals surface area contributed by atoms with Gasteiger partial charge < -0.3 is 5.73 Å². The Labute approximate surface area is 116 Å². The minimum absolute atomic E-state index is 0.0818. The zero-order valence-corrected chi connectivity index (χ0v) is 11.9. The number of rotatable bonds is 5. The van der Waals surface area contributed by atoms with Crippen molar-refractivity contribution in [1.82, 2.24) is 0 Å². The SMILES string of the molecule is CCc1ccc(CC(N)c2ccc(CC)cc2)cc1.